The van der Waals surface area contributed by atoms with E-state index in [0.29, 0.717) is 5.92 Å². The normalized spacial score (nSPS) is 11.1. The van der Waals surface area contributed by atoms with Crippen molar-refractivity contribution in [1.29, 1.82) is 0 Å². The summed E-state index contributed by atoms with van der Waals surface area (Å²) in [7, 11) is 0. The summed E-state index contributed by atoms with van der Waals surface area (Å²) in [4.78, 5) is 0. The molecule has 0 saturated heterocycles. The van der Waals surface area contributed by atoms with E-state index in [4.69, 9.17) is 4.74 Å². The zero-order valence-corrected chi connectivity index (χ0v) is 14.1. The predicted octanol–water partition coefficient (Wildman–Crippen LogP) is 3.92. The van der Waals surface area contributed by atoms with Crippen molar-refractivity contribution in [3.63, 3.8) is 0 Å². The van der Waals surface area contributed by atoms with E-state index < -0.39 is 0 Å². The number of ether oxygens (including phenoxy) is 1. The van der Waals surface area contributed by atoms with Crippen LogP contribution in [-0.4, -0.2) is 23.3 Å². The summed E-state index contributed by atoms with van der Waals surface area (Å²) < 4.78 is 5.76. The average Bonchev–Trinajstić information content (AvgIpc) is 2.86. The number of hydrogen-bond acceptors (Lipinski definition) is 3. The lowest BCUT2D eigenvalue weighted by Gasteiger charge is -2.08. The largest absolute Gasteiger partial charge is 0.494 e. The first-order valence-corrected chi connectivity index (χ1v) is 8.09. The van der Waals surface area contributed by atoms with Gasteiger partial charge in [-0.25, -0.2) is 0 Å². The van der Waals surface area contributed by atoms with Crippen LogP contribution in [0.5, 0.6) is 5.75 Å². The van der Waals surface area contributed by atoms with Gasteiger partial charge in [0, 0.05) is 12.1 Å². The van der Waals surface area contributed by atoms with Crippen LogP contribution in [0.3, 0.4) is 0 Å². The third-order valence-corrected chi connectivity index (χ3v) is 3.75. The van der Waals surface area contributed by atoms with Crippen molar-refractivity contribution in [2.24, 2.45) is 5.92 Å². The van der Waals surface area contributed by atoms with Gasteiger partial charge >= 0.3 is 0 Å². The number of nitrogens with zero attached hydrogens (tertiary/aromatic N) is 1. The standard InChI is InChI=1S/C18H27N3O/c1-5-19-12-17-14(4)18(21-20-17)15-6-8-16(9-7-15)22-11-10-13(2)3/h6-9,13,19H,5,10-12H2,1-4H3,(H,20,21). The van der Waals surface area contributed by atoms with Crippen molar-refractivity contribution in [2.45, 2.75) is 40.7 Å². The van der Waals surface area contributed by atoms with Gasteiger partial charge in [-0.2, -0.15) is 5.10 Å². The molecule has 0 amide bonds. The molecule has 120 valence electrons. The molecule has 0 spiro atoms. The lowest BCUT2D eigenvalue weighted by atomic mass is 10.1. The summed E-state index contributed by atoms with van der Waals surface area (Å²) in [5.41, 5.74) is 4.48. The van der Waals surface area contributed by atoms with Crippen molar-refractivity contribution in [3.8, 4) is 17.0 Å². The van der Waals surface area contributed by atoms with Crippen molar-refractivity contribution in [1.82, 2.24) is 15.5 Å². The second-order valence-electron chi connectivity index (χ2n) is 6.01. The van der Waals surface area contributed by atoms with Gasteiger partial charge in [-0.3, -0.25) is 5.10 Å². The summed E-state index contributed by atoms with van der Waals surface area (Å²) >= 11 is 0. The van der Waals surface area contributed by atoms with Crippen LogP contribution in [0.15, 0.2) is 24.3 Å². The maximum atomic E-state index is 5.76. The Morgan fingerprint density at radius 1 is 1.23 bits per heavy atom. The molecule has 0 aliphatic heterocycles. The number of benzene rings is 1. The minimum absolute atomic E-state index is 0.668. The second-order valence-corrected chi connectivity index (χ2v) is 6.01. The van der Waals surface area contributed by atoms with E-state index in [1.807, 2.05) is 12.1 Å². The Kier molecular flexibility index (Phi) is 6.01. The molecule has 2 aromatic rings. The van der Waals surface area contributed by atoms with Crippen molar-refractivity contribution in [2.75, 3.05) is 13.2 Å². The highest BCUT2D eigenvalue weighted by Gasteiger charge is 2.10. The Balaban J connectivity index is 2.02. The minimum Gasteiger partial charge on any atom is -0.494 e. The molecule has 2 N–H and O–H groups in total. The quantitative estimate of drug-likeness (QED) is 0.777. The number of aromatic amines is 1. The summed E-state index contributed by atoms with van der Waals surface area (Å²) in [5.74, 6) is 1.59. The lowest BCUT2D eigenvalue weighted by molar-refractivity contribution is 0.289. The van der Waals surface area contributed by atoms with Crippen molar-refractivity contribution < 1.29 is 4.74 Å². The van der Waals surface area contributed by atoms with E-state index in [0.717, 1.165) is 48.8 Å². The van der Waals surface area contributed by atoms with Crippen LogP contribution in [-0.2, 0) is 6.54 Å². The molecule has 0 bridgehead atoms. The van der Waals surface area contributed by atoms with Gasteiger partial charge in [-0.15, -0.1) is 0 Å². The van der Waals surface area contributed by atoms with Gasteiger partial charge in [0.2, 0.25) is 0 Å². The fraction of sp³-hybridized carbons (Fsp3) is 0.500. The fourth-order valence-corrected chi connectivity index (χ4v) is 2.26. The first-order valence-electron chi connectivity index (χ1n) is 8.09. The molecule has 0 atom stereocenters. The van der Waals surface area contributed by atoms with Gasteiger partial charge in [-0.05, 0) is 55.6 Å². The molecule has 0 aliphatic carbocycles. The van der Waals surface area contributed by atoms with E-state index >= 15 is 0 Å². The van der Waals surface area contributed by atoms with E-state index in [9.17, 15) is 0 Å². The molecule has 1 aromatic heterocycles. The van der Waals surface area contributed by atoms with Crippen molar-refractivity contribution in [3.05, 3.63) is 35.5 Å². The maximum Gasteiger partial charge on any atom is 0.119 e. The Morgan fingerprint density at radius 2 is 1.95 bits per heavy atom. The molecule has 4 heteroatoms. The van der Waals surface area contributed by atoms with Gasteiger partial charge in [-0.1, -0.05) is 20.8 Å². The number of rotatable bonds is 8. The molecule has 4 nitrogen and oxygen atoms in total. The van der Waals surface area contributed by atoms with Crippen LogP contribution in [0.4, 0.5) is 0 Å². The van der Waals surface area contributed by atoms with Gasteiger partial charge < -0.3 is 10.1 Å². The Hall–Kier alpha value is -1.81. The van der Waals surface area contributed by atoms with Crippen LogP contribution < -0.4 is 10.1 Å². The molecule has 1 aromatic carbocycles. The molecule has 1 heterocycles. The Morgan fingerprint density at radius 3 is 2.59 bits per heavy atom. The van der Waals surface area contributed by atoms with Gasteiger partial charge in [0.05, 0.1) is 18.0 Å². The van der Waals surface area contributed by atoms with E-state index in [1.54, 1.807) is 0 Å². The molecule has 0 fully saturated rings. The number of H-pyrrole nitrogens is 1. The topological polar surface area (TPSA) is 49.9 Å². The first-order chi connectivity index (χ1) is 10.6. The highest BCUT2D eigenvalue weighted by Crippen LogP contribution is 2.25. The zero-order chi connectivity index (χ0) is 15.9. The predicted molar refractivity (Wildman–Crippen MR) is 91.1 cm³/mol. The van der Waals surface area contributed by atoms with E-state index in [2.05, 4.69) is 55.3 Å². The lowest BCUT2D eigenvalue weighted by Crippen LogP contribution is -2.12. The van der Waals surface area contributed by atoms with Gasteiger partial charge in [0.1, 0.15) is 5.75 Å². The highest BCUT2D eigenvalue weighted by molar-refractivity contribution is 5.64. The third kappa shape index (κ3) is 4.34. The maximum absolute atomic E-state index is 5.76. The smallest absolute Gasteiger partial charge is 0.119 e. The molecule has 0 radical (unpaired) electrons. The molecule has 0 unspecified atom stereocenters. The molecule has 0 aliphatic rings. The van der Waals surface area contributed by atoms with Gasteiger partial charge in [0.25, 0.3) is 0 Å². The van der Waals surface area contributed by atoms with Crippen LogP contribution in [0, 0.1) is 12.8 Å². The number of hydrogen-bond donors (Lipinski definition) is 2. The molecule has 0 saturated carbocycles. The third-order valence-electron chi connectivity index (χ3n) is 3.75. The van der Waals surface area contributed by atoms with Crippen molar-refractivity contribution >= 4 is 0 Å². The minimum atomic E-state index is 0.668. The van der Waals surface area contributed by atoms with E-state index in [-0.39, 0.29) is 0 Å². The fourth-order valence-electron chi connectivity index (χ4n) is 2.26. The zero-order valence-electron chi connectivity index (χ0n) is 14.1. The first kappa shape index (κ1) is 16.6. The van der Waals surface area contributed by atoms with Crippen LogP contribution in [0.1, 0.15) is 38.4 Å². The molecule has 22 heavy (non-hydrogen) atoms. The SMILES string of the molecule is CCNCc1[nH]nc(-c2ccc(OCCC(C)C)cc2)c1C. The molecule has 2 rings (SSSR count). The Bertz CT molecular complexity index is 573. The second kappa shape index (κ2) is 7.99. The van der Waals surface area contributed by atoms with Crippen LogP contribution >= 0.6 is 0 Å². The molecular weight excluding hydrogens is 274 g/mol. The number of nitrogens with one attached hydrogen (secondary N) is 2. The number of aromatic nitrogens is 2. The summed E-state index contributed by atoms with van der Waals surface area (Å²) in [6.07, 6.45) is 1.08. The highest BCUT2D eigenvalue weighted by atomic mass is 16.5. The van der Waals surface area contributed by atoms with Crippen LogP contribution in [0.25, 0.3) is 11.3 Å². The summed E-state index contributed by atoms with van der Waals surface area (Å²) in [6, 6.07) is 8.19. The Labute approximate surface area is 133 Å². The average molecular weight is 301 g/mol. The molecular formula is C18H27N3O. The van der Waals surface area contributed by atoms with Gasteiger partial charge in [0.15, 0.2) is 0 Å². The van der Waals surface area contributed by atoms with Crippen LogP contribution in [0.2, 0.25) is 0 Å². The monoisotopic (exact) mass is 301 g/mol. The summed E-state index contributed by atoms with van der Waals surface area (Å²) in [5, 5.41) is 10.9. The summed E-state index contributed by atoms with van der Waals surface area (Å²) in [6.45, 7) is 11.2. The van der Waals surface area contributed by atoms with E-state index in [1.165, 1.54) is 5.56 Å².